The van der Waals surface area contributed by atoms with E-state index in [1.807, 2.05) is 0 Å². The molecule has 0 saturated carbocycles. The molecule has 0 amide bonds. The van der Waals surface area contributed by atoms with Crippen LogP contribution >= 0.6 is 0 Å². The molecular weight excluding hydrogens is 235 g/mol. The first-order chi connectivity index (χ1) is 7.97. The van der Waals surface area contributed by atoms with Gasteiger partial charge in [-0.2, -0.15) is 0 Å². The van der Waals surface area contributed by atoms with Crippen molar-refractivity contribution in [1.82, 2.24) is 0 Å². The van der Waals surface area contributed by atoms with E-state index in [4.69, 9.17) is 14.6 Å². The van der Waals surface area contributed by atoms with E-state index < -0.39 is 43.1 Å². The minimum Gasteiger partial charge on any atom is -0.394 e. The van der Waals surface area contributed by atoms with Gasteiger partial charge in [0.25, 0.3) is 0 Å². The summed E-state index contributed by atoms with van der Waals surface area (Å²) in [5.74, 6) is -0.449. The number of ether oxygens (including phenoxy) is 2. The van der Waals surface area contributed by atoms with Crippen molar-refractivity contribution in [2.24, 2.45) is 0 Å². The lowest BCUT2D eigenvalue weighted by Crippen LogP contribution is -2.59. The molecule has 1 rings (SSSR count). The molecule has 17 heavy (non-hydrogen) atoms. The van der Waals surface area contributed by atoms with Crippen molar-refractivity contribution in [1.29, 1.82) is 0 Å². The van der Waals surface area contributed by atoms with Gasteiger partial charge in [0.15, 0.2) is 6.29 Å². The topological polar surface area (TPSA) is 99.4 Å². The van der Waals surface area contributed by atoms with Crippen LogP contribution in [-0.2, 0) is 9.47 Å². The van der Waals surface area contributed by atoms with Crippen LogP contribution < -0.4 is 0 Å². The Hall–Kier alpha value is -0.570. The molecular formula is C10H17FO6. The first-order valence-electron chi connectivity index (χ1n) is 5.21. The summed E-state index contributed by atoms with van der Waals surface area (Å²) in [5, 5.41) is 37.3. The van der Waals surface area contributed by atoms with Gasteiger partial charge in [0.1, 0.15) is 24.4 Å². The molecule has 0 radical (unpaired) electrons. The second kappa shape index (κ2) is 6.39. The lowest BCUT2D eigenvalue weighted by Gasteiger charge is -2.39. The van der Waals surface area contributed by atoms with Crippen molar-refractivity contribution < 1.29 is 34.3 Å². The van der Waals surface area contributed by atoms with Crippen LogP contribution in [0.1, 0.15) is 6.92 Å². The molecule has 0 spiro atoms. The normalized spacial score (nSPS) is 39.4. The monoisotopic (exact) mass is 252 g/mol. The van der Waals surface area contributed by atoms with Gasteiger partial charge in [0.05, 0.1) is 19.0 Å². The summed E-state index contributed by atoms with van der Waals surface area (Å²) in [6, 6.07) is 0. The van der Waals surface area contributed by atoms with E-state index >= 15 is 0 Å². The largest absolute Gasteiger partial charge is 0.394 e. The third-order valence-corrected chi connectivity index (χ3v) is 2.47. The number of hydrogen-bond acceptors (Lipinski definition) is 6. The maximum atomic E-state index is 12.4. The van der Waals surface area contributed by atoms with Crippen LogP contribution in [-0.4, -0.2) is 64.3 Å². The minimum absolute atomic E-state index is 0.148. The summed E-state index contributed by atoms with van der Waals surface area (Å²) in [5.41, 5.74) is 0. The highest BCUT2D eigenvalue weighted by molar-refractivity contribution is 4.90. The molecule has 5 atom stereocenters. The predicted octanol–water partition coefficient (Wildman–Crippen LogP) is -1.32. The van der Waals surface area contributed by atoms with Crippen molar-refractivity contribution in [2.75, 3.05) is 13.2 Å². The highest BCUT2D eigenvalue weighted by atomic mass is 19.1. The lowest BCUT2D eigenvalue weighted by molar-refractivity contribution is -0.298. The lowest BCUT2D eigenvalue weighted by atomic mass is 9.99. The standard InChI is InChI=1S/C10H17FO6/c1-5(11)2-3-16-10-9(15)8(14)7(13)6(4-12)17-10/h2,6-10,12-15H,3-4H2,1H3/b5-2-/t6?,7?,8-,9?,10+/m0/s1. The minimum atomic E-state index is -1.48. The maximum absolute atomic E-state index is 12.4. The highest BCUT2D eigenvalue weighted by Gasteiger charge is 2.43. The van der Waals surface area contributed by atoms with E-state index in [9.17, 15) is 19.7 Å². The van der Waals surface area contributed by atoms with Crippen molar-refractivity contribution >= 4 is 0 Å². The zero-order chi connectivity index (χ0) is 13.0. The molecule has 0 aromatic carbocycles. The maximum Gasteiger partial charge on any atom is 0.187 e. The Balaban J connectivity index is 2.56. The molecule has 7 heteroatoms. The summed E-state index contributed by atoms with van der Waals surface area (Å²) in [7, 11) is 0. The Labute approximate surface area is 97.9 Å². The van der Waals surface area contributed by atoms with E-state index in [2.05, 4.69) is 0 Å². The van der Waals surface area contributed by atoms with E-state index in [1.54, 1.807) is 0 Å². The van der Waals surface area contributed by atoms with Crippen molar-refractivity contribution in [3.63, 3.8) is 0 Å². The van der Waals surface area contributed by atoms with E-state index in [-0.39, 0.29) is 6.61 Å². The van der Waals surface area contributed by atoms with Crippen LogP contribution in [0.25, 0.3) is 0 Å². The summed E-state index contributed by atoms with van der Waals surface area (Å²) in [6.45, 7) is 0.560. The van der Waals surface area contributed by atoms with Gasteiger partial charge in [0, 0.05) is 0 Å². The number of halogens is 1. The Morgan fingerprint density at radius 1 is 1.29 bits per heavy atom. The Morgan fingerprint density at radius 2 is 1.94 bits per heavy atom. The van der Waals surface area contributed by atoms with Crippen molar-refractivity contribution in [3.8, 4) is 0 Å². The number of hydrogen-bond donors (Lipinski definition) is 4. The molecule has 1 fully saturated rings. The molecule has 1 heterocycles. The Kier molecular flexibility index (Phi) is 5.44. The fraction of sp³-hybridized carbons (Fsp3) is 0.800. The first kappa shape index (κ1) is 14.5. The van der Waals surface area contributed by atoms with E-state index in [1.165, 1.54) is 6.92 Å². The molecule has 0 aliphatic carbocycles. The highest BCUT2D eigenvalue weighted by Crippen LogP contribution is 2.21. The molecule has 6 nitrogen and oxygen atoms in total. The zero-order valence-electron chi connectivity index (χ0n) is 9.36. The van der Waals surface area contributed by atoms with E-state index in [0.717, 1.165) is 6.08 Å². The van der Waals surface area contributed by atoms with Crippen LogP contribution in [0.3, 0.4) is 0 Å². The molecule has 4 N–H and O–H groups in total. The summed E-state index contributed by atoms with van der Waals surface area (Å²) in [4.78, 5) is 0. The molecule has 0 aromatic rings. The van der Waals surface area contributed by atoms with Gasteiger partial charge in [-0.3, -0.25) is 0 Å². The fourth-order valence-electron chi connectivity index (χ4n) is 1.46. The molecule has 1 aliphatic heterocycles. The number of aliphatic hydroxyl groups is 4. The van der Waals surface area contributed by atoms with Crippen LogP contribution in [0, 0.1) is 0 Å². The van der Waals surface area contributed by atoms with Gasteiger partial charge < -0.3 is 29.9 Å². The van der Waals surface area contributed by atoms with Gasteiger partial charge in [-0.25, -0.2) is 4.39 Å². The molecule has 0 aromatic heterocycles. The molecule has 3 unspecified atom stereocenters. The van der Waals surface area contributed by atoms with Gasteiger partial charge in [-0.15, -0.1) is 0 Å². The van der Waals surface area contributed by atoms with Gasteiger partial charge in [-0.05, 0) is 13.0 Å². The second-order valence-corrected chi connectivity index (χ2v) is 3.82. The molecule has 100 valence electrons. The third-order valence-electron chi connectivity index (χ3n) is 2.47. The molecule has 1 aliphatic rings. The summed E-state index contributed by atoms with van der Waals surface area (Å²) < 4.78 is 22.4. The number of aliphatic hydroxyl groups excluding tert-OH is 4. The third kappa shape index (κ3) is 3.70. The van der Waals surface area contributed by atoms with Crippen molar-refractivity contribution in [2.45, 2.75) is 37.6 Å². The van der Waals surface area contributed by atoms with Crippen LogP contribution in [0.2, 0.25) is 0 Å². The van der Waals surface area contributed by atoms with Crippen molar-refractivity contribution in [3.05, 3.63) is 11.9 Å². The second-order valence-electron chi connectivity index (χ2n) is 3.82. The van der Waals surface area contributed by atoms with Gasteiger partial charge in [0.2, 0.25) is 0 Å². The van der Waals surface area contributed by atoms with Crippen LogP contribution in [0.15, 0.2) is 11.9 Å². The summed E-state index contributed by atoms with van der Waals surface area (Å²) in [6.07, 6.45) is -5.48. The molecule has 0 bridgehead atoms. The average Bonchev–Trinajstić information content (AvgIpc) is 2.29. The zero-order valence-corrected chi connectivity index (χ0v) is 9.36. The van der Waals surface area contributed by atoms with Crippen LogP contribution in [0.5, 0.6) is 0 Å². The quantitative estimate of drug-likeness (QED) is 0.495. The van der Waals surface area contributed by atoms with Gasteiger partial charge >= 0.3 is 0 Å². The Bertz CT molecular complexity index is 266. The average molecular weight is 252 g/mol. The van der Waals surface area contributed by atoms with E-state index in [0.29, 0.717) is 0 Å². The first-order valence-corrected chi connectivity index (χ1v) is 5.21. The van der Waals surface area contributed by atoms with Gasteiger partial charge in [-0.1, -0.05) is 0 Å². The smallest absolute Gasteiger partial charge is 0.187 e. The Morgan fingerprint density at radius 3 is 2.47 bits per heavy atom. The summed E-state index contributed by atoms with van der Waals surface area (Å²) >= 11 is 0. The number of allylic oxidation sites excluding steroid dienone is 1. The SMILES string of the molecule is C/C(F)=C/CO[C@@H]1OC(CO)C(O)[C@H](O)C1O. The number of rotatable bonds is 4. The fourth-order valence-corrected chi connectivity index (χ4v) is 1.46. The van der Waals surface area contributed by atoms with Crippen LogP contribution in [0.4, 0.5) is 4.39 Å². The molecule has 1 saturated heterocycles. The predicted molar refractivity (Wildman–Crippen MR) is 54.6 cm³/mol.